The van der Waals surface area contributed by atoms with E-state index >= 15 is 0 Å². The Morgan fingerprint density at radius 1 is 0.821 bits per heavy atom. The number of nitrogens with one attached hydrogen (secondary N) is 2. The highest BCUT2D eigenvalue weighted by Gasteiger charge is 2.30. The summed E-state index contributed by atoms with van der Waals surface area (Å²) in [6, 6.07) is 25.8. The molecule has 1 aromatic heterocycles. The fourth-order valence-corrected chi connectivity index (χ4v) is 4.29. The number of hydrogen-bond donors (Lipinski definition) is 2. The Morgan fingerprint density at radius 2 is 1.49 bits per heavy atom. The van der Waals surface area contributed by atoms with Crippen LogP contribution >= 0.6 is 0 Å². The number of carbonyl (C=O) groups excluding carboxylic acids is 2. The van der Waals surface area contributed by atoms with E-state index in [2.05, 4.69) is 15.6 Å². The van der Waals surface area contributed by atoms with Gasteiger partial charge in [-0.25, -0.2) is 4.98 Å². The van der Waals surface area contributed by atoms with Crippen molar-refractivity contribution in [1.82, 2.24) is 9.55 Å². The normalized spacial score (nSPS) is 11.4. The largest absolute Gasteiger partial charge is 0.416 e. The number of para-hydroxylation sites is 2. The van der Waals surface area contributed by atoms with E-state index in [-0.39, 0.29) is 12.3 Å². The number of carbonyl (C=O) groups is 2. The van der Waals surface area contributed by atoms with Crippen LogP contribution < -0.4 is 10.6 Å². The highest BCUT2D eigenvalue weighted by Crippen LogP contribution is 2.32. The van der Waals surface area contributed by atoms with Crippen molar-refractivity contribution in [2.24, 2.45) is 7.05 Å². The molecule has 0 atom stereocenters. The van der Waals surface area contributed by atoms with Crippen molar-refractivity contribution in [1.29, 1.82) is 0 Å². The van der Waals surface area contributed by atoms with Crippen molar-refractivity contribution in [3.63, 3.8) is 0 Å². The van der Waals surface area contributed by atoms with Gasteiger partial charge < -0.3 is 9.88 Å². The molecule has 196 valence electrons. The third-order valence-electron chi connectivity index (χ3n) is 6.31. The lowest BCUT2D eigenvalue weighted by molar-refractivity contribution is -0.137. The maximum absolute atomic E-state index is 13.0. The number of hydrogen-bond acceptors (Lipinski definition) is 3. The van der Waals surface area contributed by atoms with E-state index < -0.39 is 17.6 Å². The van der Waals surface area contributed by atoms with Crippen LogP contribution in [0.5, 0.6) is 0 Å². The maximum Gasteiger partial charge on any atom is 0.416 e. The Balaban J connectivity index is 1.25. The first-order valence-corrected chi connectivity index (χ1v) is 12.1. The van der Waals surface area contributed by atoms with Gasteiger partial charge in [0, 0.05) is 18.3 Å². The zero-order chi connectivity index (χ0) is 27.6. The Hall–Kier alpha value is -4.92. The first-order valence-electron chi connectivity index (χ1n) is 12.1. The molecule has 0 saturated carbocycles. The molecule has 0 fully saturated rings. The third-order valence-corrected chi connectivity index (χ3v) is 6.31. The van der Waals surface area contributed by atoms with Crippen LogP contribution in [-0.4, -0.2) is 21.4 Å². The molecule has 1 heterocycles. The average Bonchev–Trinajstić information content (AvgIpc) is 3.24. The molecular weight excluding hydrogens is 505 g/mol. The standard InChI is InChI=1S/C30H23F3N4O2/c1-37-26-9-5-4-8-25(26)35-29(37)36-27(38)18-19-10-16-22(17-11-19)34-28(39)24-7-3-2-6-23(24)20-12-14-21(15-13-20)30(31,32)33/h2-17H,18H2,1H3,(H,34,39)(H,35,36,38). The van der Waals surface area contributed by atoms with Gasteiger partial charge in [-0.15, -0.1) is 0 Å². The summed E-state index contributed by atoms with van der Waals surface area (Å²) in [5, 5.41) is 5.64. The second-order valence-corrected chi connectivity index (χ2v) is 8.98. The number of imidazole rings is 1. The molecule has 9 heteroatoms. The number of anilines is 2. The number of nitrogens with zero attached hydrogens (tertiary/aromatic N) is 2. The quantitative estimate of drug-likeness (QED) is 0.258. The molecular formula is C30H23F3N4O2. The summed E-state index contributed by atoms with van der Waals surface area (Å²) < 4.78 is 40.6. The summed E-state index contributed by atoms with van der Waals surface area (Å²) in [5.74, 6) is -0.176. The molecule has 0 unspecified atom stereocenters. The molecule has 2 N–H and O–H groups in total. The summed E-state index contributed by atoms with van der Waals surface area (Å²) in [4.78, 5) is 30.1. The number of benzene rings is 4. The molecule has 0 spiro atoms. The molecule has 2 amide bonds. The summed E-state index contributed by atoms with van der Waals surface area (Å²) >= 11 is 0. The number of rotatable bonds is 6. The van der Waals surface area contributed by atoms with E-state index in [9.17, 15) is 22.8 Å². The van der Waals surface area contributed by atoms with Gasteiger partial charge in [0.25, 0.3) is 5.91 Å². The Bertz CT molecular complexity index is 1660. The Labute approximate surface area is 222 Å². The first-order chi connectivity index (χ1) is 18.7. The SMILES string of the molecule is Cn1c(NC(=O)Cc2ccc(NC(=O)c3ccccc3-c3ccc(C(F)(F)F)cc3)cc2)nc2ccccc21. The van der Waals surface area contributed by atoms with Crippen LogP contribution in [0.1, 0.15) is 21.5 Å². The lowest BCUT2D eigenvalue weighted by atomic mass is 9.98. The minimum Gasteiger partial charge on any atom is -0.322 e. The highest BCUT2D eigenvalue weighted by atomic mass is 19.4. The molecule has 6 nitrogen and oxygen atoms in total. The predicted octanol–water partition coefficient (Wildman–Crippen LogP) is 6.69. The van der Waals surface area contributed by atoms with Gasteiger partial charge in [0.15, 0.2) is 0 Å². The van der Waals surface area contributed by atoms with Crippen molar-refractivity contribution >= 4 is 34.5 Å². The number of aryl methyl sites for hydroxylation is 1. The van der Waals surface area contributed by atoms with Crippen molar-refractivity contribution in [3.8, 4) is 11.1 Å². The monoisotopic (exact) mass is 528 g/mol. The van der Waals surface area contributed by atoms with E-state index in [0.717, 1.165) is 28.7 Å². The van der Waals surface area contributed by atoms with Gasteiger partial charge in [0.2, 0.25) is 11.9 Å². The summed E-state index contributed by atoms with van der Waals surface area (Å²) in [7, 11) is 1.83. The van der Waals surface area contributed by atoms with E-state index in [1.807, 2.05) is 35.9 Å². The van der Waals surface area contributed by atoms with Crippen molar-refractivity contribution in [2.45, 2.75) is 12.6 Å². The van der Waals surface area contributed by atoms with Crippen LogP contribution in [0.2, 0.25) is 0 Å². The van der Waals surface area contributed by atoms with Gasteiger partial charge in [-0.1, -0.05) is 54.6 Å². The van der Waals surface area contributed by atoms with Gasteiger partial charge in [-0.2, -0.15) is 13.2 Å². The fourth-order valence-electron chi connectivity index (χ4n) is 4.29. The topological polar surface area (TPSA) is 76.0 Å². The van der Waals surface area contributed by atoms with E-state index in [1.54, 1.807) is 48.5 Å². The van der Waals surface area contributed by atoms with Gasteiger partial charge in [-0.05, 0) is 59.2 Å². The molecule has 0 aliphatic heterocycles. The fraction of sp³-hybridized carbons (Fsp3) is 0.100. The molecule has 0 bridgehead atoms. The molecule has 0 radical (unpaired) electrons. The molecule has 5 aromatic rings. The van der Waals surface area contributed by atoms with E-state index in [4.69, 9.17) is 0 Å². The zero-order valence-electron chi connectivity index (χ0n) is 20.8. The van der Waals surface area contributed by atoms with Gasteiger partial charge in [-0.3, -0.25) is 14.9 Å². The smallest absolute Gasteiger partial charge is 0.322 e. The number of alkyl halides is 3. The van der Waals surface area contributed by atoms with Crippen LogP contribution in [0.25, 0.3) is 22.2 Å². The van der Waals surface area contributed by atoms with E-state index in [1.165, 1.54) is 12.1 Å². The number of halogens is 3. The van der Waals surface area contributed by atoms with Crippen LogP contribution in [0.15, 0.2) is 97.1 Å². The van der Waals surface area contributed by atoms with Crippen LogP contribution in [-0.2, 0) is 24.4 Å². The first kappa shape index (κ1) is 25.7. The second kappa shape index (κ2) is 10.4. The minimum absolute atomic E-state index is 0.119. The van der Waals surface area contributed by atoms with Crippen LogP contribution in [0, 0.1) is 0 Å². The second-order valence-electron chi connectivity index (χ2n) is 8.98. The maximum atomic E-state index is 13.0. The van der Waals surface area contributed by atoms with Crippen LogP contribution in [0.3, 0.4) is 0 Å². The summed E-state index contributed by atoms with van der Waals surface area (Å²) in [6.45, 7) is 0. The van der Waals surface area contributed by atoms with Crippen molar-refractivity contribution in [3.05, 3.63) is 114 Å². The summed E-state index contributed by atoms with van der Waals surface area (Å²) in [5.41, 5.74) is 3.53. The van der Waals surface area contributed by atoms with Crippen molar-refractivity contribution in [2.75, 3.05) is 10.6 Å². The third kappa shape index (κ3) is 5.67. The predicted molar refractivity (Wildman–Crippen MR) is 144 cm³/mol. The zero-order valence-corrected chi connectivity index (χ0v) is 20.8. The number of fused-ring (bicyclic) bond motifs is 1. The Morgan fingerprint density at radius 3 is 2.18 bits per heavy atom. The summed E-state index contributed by atoms with van der Waals surface area (Å²) in [6.07, 6.45) is -4.32. The molecule has 0 aliphatic carbocycles. The molecule has 0 aliphatic rings. The Kier molecular flexibility index (Phi) is 6.89. The van der Waals surface area contributed by atoms with Crippen molar-refractivity contribution < 1.29 is 22.8 Å². The number of amides is 2. The van der Waals surface area contributed by atoms with E-state index in [0.29, 0.717) is 28.3 Å². The lowest BCUT2D eigenvalue weighted by Gasteiger charge is -2.12. The van der Waals surface area contributed by atoms with Gasteiger partial charge in [0.05, 0.1) is 23.0 Å². The highest BCUT2D eigenvalue weighted by molar-refractivity contribution is 6.08. The molecule has 4 aromatic carbocycles. The minimum atomic E-state index is -4.44. The van der Waals surface area contributed by atoms with Crippen LogP contribution in [0.4, 0.5) is 24.8 Å². The number of aromatic nitrogens is 2. The average molecular weight is 529 g/mol. The molecule has 39 heavy (non-hydrogen) atoms. The molecule has 5 rings (SSSR count). The molecule has 0 saturated heterocycles. The van der Waals surface area contributed by atoms with Gasteiger partial charge >= 0.3 is 6.18 Å². The van der Waals surface area contributed by atoms with Gasteiger partial charge in [0.1, 0.15) is 0 Å². The lowest BCUT2D eigenvalue weighted by Crippen LogP contribution is -2.17.